The van der Waals surface area contributed by atoms with Crippen LogP contribution in [0.15, 0.2) is 58.8 Å². The number of rotatable bonds is 9. The highest BCUT2D eigenvalue weighted by Crippen LogP contribution is 2.20. The number of hydrogen-bond acceptors (Lipinski definition) is 7. The molecule has 30 heavy (non-hydrogen) atoms. The topological polar surface area (TPSA) is 122 Å². The summed E-state index contributed by atoms with van der Waals surface area (Å²) in [7, 11) is -3.11. The molecule has 1 amide bonds. The van der Waals surface area contributed by atoms with Gasteiger partial charge < -0.3 is 5.32 Å². The Morgan fingerprint density at radius 1 is 0.800 bits per heavy atom. The summed E-state index contributed by atoms with van der Waals surface area (Å²) in [6, 6.07) is 14.1. The van der Waals surface area contributed by atoms with Gasteiger partial charge in [-0.15, -0.1) is 12.6 Å². The van der Waals surface area contributed by atoms with Gasteiger partial charge in [-0.25, -0.2) is 0 Å². The van der Waals surface area contributed by atoms with E-state index in [-0.39, 0.29) is 11.7 Å². The molecular weight excluding hydrogens is 406 g/mol. The number of azo groups is 1. The number of ketones is 1. The zero-order valence-corrected chi connectivity index (χ0v) is 17.8. The molecule has 0 atom stereocenters. The molecule has 2 aromatic rings. The fourth-order valence-electron chi connectivity index (χ4n) is 2.36. The van der Waals surface area contributed by atoms with E-state index in [1.807, 2.05) is 6.92 Å². The average Bonchev–Trinajstić information content (AvgIpc) is 2.73. The summed E-state index contributed by atoms with van der Waals surface area (Å²) in [4.78, 5) is 23.8. The predicted octanol–water partition coefficient (Wildman–Crippen LogP) is 4.61. The molecule has 0 fully saturated rings. The smallest absolute Gasteiger partial charge is 0.352 e. The van der Waals surface area contributed by atoms with Gasteiger partial charge in [0.15, 0.2) is 5.78 Å². The van der Waals surface area contributed by atoms with Gasteiger partial charge in [0.1, 0.15) is 0 Å². The molecule has 160 valence electrons. The molecule has 1 N–H and O–H groups in total. The van der Waals surface area contributed by atoms with E-state index in [0.717, 1.165) is 19.3 Å². The highest BCUT2D eigenvalue weighted by molar-refractivity contribution is 7.59. The minimum atomic E-state index is -3.11. The van der Waals surface area contributed by atoms with E-state index in [1.165, 1.54) is 0 Å². The predicted molar refractivity (Wildman–Crippen MR) is 113 cm³/mol. The van der Waals surface area contributed by atoms with Crippen molar-refractivity contribution >= 4 is 33.7 Å². The third kappa shape index (κ3) is 9.83. The standard InChI is InChI=1S/C21H25N3O2.O3S/c1-3-5-15-22-21(26)17-9-13-19(14-10-17)24-23-18-11-7-16(8-12-18)20(25)6-4-2;1-4(2)3/h7-14H,3-6,15H2,1-2H3,(H,22,26);. The number of carbonyl (C=O) groups excluding carboxylic acids is 2. The zero-order valence-electron chi connectivity index (χ0n) is 17.0. The van der Waals surface area contributed by atoms with Crippen LogP contribution in [0.2, 0.25) is 0 Å². The van der Waals surface area contributed by atoms with Gasteiger partial charge >= 0.3 is 10.6 Å². The second-order valence-electron chi connectivity index (χ2n) is 6.28. The van der Waals surface area contributed by atoms with Crippen LogP contribution in [-0.2, 0) is 10.6 Å². The van der Waals surface area contributed by atoms with E-state index in [0.29, 0.717) is 35.5 Å². The zero-order chi connectivity index (χ0) is 22.4. The lowest BCUT2D eigenvalue weighted by molar-refractivity contribution is 0.0951. The first kappa shape index (κ1) is 24.8. The summed E-state index contributed by atoms with van der Waals surface area (Å²) in [5.41, 5.74) is 2.66. The normalized spacial score (nSPS) is 10.2. The van der Waals surface area contributed by atoms with Gasteiger partial charge in [0, 0.05) is 24.1 Å². The molecule has 0 aromatic heterocycles. The SMILES string of the molecule is CCCCNC(=O)c1ccc(N=Nc2ccc(C(=O)CCC)cc2)cc1.O=S(=O)=O. The van der Waals surface area contributed by atoms with E-state index in [9.17, 15) is 9.59 Å². The Bertz CT molecular complexity index is 947. The van der Waals surface area contributed by atoms with Crippen molar-refractivity contribution < 1.29 is 22.2 Å². The number of benzene rings is 2. The maximum Gasteiger partial charge on any atom is 0.425 e. The van der Waals surface area contributed by atoms with Gasteiger partial charge in [0.05, 0.1) is 11.4 Å². The second-order valence-corrected chi connectivity index (χ2v) is 6.69. The molecule has 8 nitrogen and oxygen atoms in total. The van der Waals surface area contributed by atoms with E-state index >= 15 is 0 Å². The molecule has 0 saturated carbocycles. The van der Waals surface area contributed by atoms with E-state index in [1.54, 1.807) is 48.5 Å². The molecule has 0 saturated heterocycles. The molecule has 0 spiro atoms. The van der Waals surface area contributed by atoms with Crippen molar-refractivity contribution in [2.24, 2.45) is 10.2 Å². The minimum Gasteiger partial charge on any atom is -0.352 e. The fraction of sp³-hybridized carbons (Fsp3) is 0.333. The van der Waals surface area contributed by atoms with E-state index in [4.69, 9.17) is 12.6 Å². The molecule has 2 rings (SSSR count). The van der Waals surface area contributed by atoms with Crippen molar-refractivity contribution in [3.8, 4) is 0 Å². The number of unbranched alkanes of at least 4 members (excludes halogenated alkanes) is 1. The molecule has 2 aromatic carbocycles. The van der Waals surface area contributed by atoms with Crippen LogP contribution in [0.25, 0.3) is 0 Å². The number of nitrogens with zero attached hydrogens (tertiary/aromatic N) is 2. The highest BCUT2D eigenvalue weighted by atomic mass is 32.2. The summed E-state index contributed by atoms with van der Waals surface area (Å²) < 4.78 is 25.3. The summed E-state index contributed by atoms with van der Waals surface area (Å²) in [5, 5.41) is 11.2. The van der Waals surface area contributed by atoms with E-state index in [2.05, 4.69) is 22.5 Å². The van der Waals surface area contributed by atoms with Crippen LogP contribution in [0.3, 0.4) is 0 Å². The number of amides is 1. The van der Waals surface area contributed by atoms with Crippen molar-refractivity contribution in [2.45, 2.75) is 39.5 Å². The Morgan fingerprint density at radius 3 is 1.70 bits per heavy atom. The fourth-order valence-corrected chi connectivity index (χ4v) is 2.36. The lowest BCUT2D eigenvalue weighted by Gasteiger charge is -2.04. The van der Waals surface area contributed by atoms with Gasteiger partial charge in [-0.2, -0.15) is 10.2 Å². The van der Waals surface area contributed by atoms with Crippen molar-refractivity contribution in [3.05, 3.63) is 59.7 Å². The first-order valence-corrected chi connectivity index (χ1v) is 10.6. The Hall–Kier alpha value is -3.20. The molecule has 0 heterocycles. The summed E-state index contributed by atoms with van der Waals surface area (Å²) in [6.45, 7) is 4.76. The number of hydrogen-bond donors (Lipinski definition) is 1. The molecule has 0 unspecified atom stereocenters. The Morgan fingerprint density at radius 2 is 1.27 bits per heavy atom. The molecule has 0 aliphatic carbocycles. The maximum absolute atomic E-state index is 12.0. The quantitative estimate of drug-likeness (QED) is 0.353. The molecule has 0 aliphatic rings. The lowest BCUT2D eigenvalue weighted by Crippen LogP contribution is -2.24. The molecular formula is C21H25N3O5S. The number of carbonyl (C=O) groups is 2. The van der Waals surface area contributed by atoms with Crippen LogP contribution in [0.5, 0.6) is 0 Å². The molecule has 9 heteroatoms. The van der Waals surface area contributed by atoms with Crippen LogP contribution in [0.1, 0.15) is 60.2 Å². The highest BCUT2D eigenvalue weighted by Gasteiger charge is 2.05. The summed E-state index contributed by atoms with van der Waals surface area (Å²) in [5.74, 6) is 0.0677. The maximum atomic E-state index is 12.0. The monoisotopic (exact) mass is 431 g/mol. The summed E-state index contributed by atoms with van der Waals surface area (Å²) in [6.07, 6.45) is 3.42. The van der Waals surface area contributed by atoms with Crippen molar-refractivity contribution in [1.82, 2.24) is 5.32 Å². The average molecular weight is 432 g/mol. The van der Waals surface area contributed by atoms with Crippen LogP contribution < -0.4 is 5.32 Å². The van der Waals surface area contributed by atoms with Gasteiger partial charge in [-0.3, -0.25) is 9.59 Å². The molecule has 0 radical (unpaired) electrons. The van der Waals surface area contributed by atoms with Crippen molar-refractivity contribution in [1.29, 1.82) is 0 Å². The first-order valence-electron chi connectivity index (χ1n) is 9.57. The van der Waals surface area contributed by atoms with Crippen molar-refractivity contribution in [3.63, 3.8) is 0 Å². The third-order valence-electron chi connectivity index (χ3n) is 3.89. The van der Waals surface area contributed by atoms with Crippen LogP contribution >= 0.6 is 0 Å². The van der Waals surface area contributed by atoms with Gasteiger partial charge in [-0.05, 0) is 61.4 Å². The third-order valence-corrected chi connectivity index (χ3v) is 3.89. The summed E-state index contributed by atoms with van der Waals surface area (Å²) >= 11 is 0. The number of nitrogens with one attached hydrogen (secondary N) is 1. The molecule has 0 aliphatic heterocycles. The van der Waals surface area contributed by atoms with Crippen molar-refractivity contribution in [2.75, 3.05) is 6.54 Å². The second kappa shape index (κ2) is 13.9. The Kier molecular flexibility index (Phi) is 11.5. The Balaban J connectivity index is 0.00000103. The number of Topliss-reactive ketones (excluding diaryl/α,β-unsaturated/α-hetero) is 1. The van der Waals surface area contributed by atoms with Crippen LogP contribution in [0.4, 0.5) is 11.4 Å². The van der Waals surface area contributed by atoms with Crippen LogP contribution in [-0.4, -0.2) is 30.9 Å². The minimum absolute atomic E-state index is 0.0747. The largest absolute Gasteiger partial charge is 0.425 e. The van der Waals surface area contributed by atoms with Gasteiger partial charge in [0.25, 0.3) is 5.91 Å². The first-order chi connectivity index (χ1) is 14.4. The Labute approximate surface area is 177 Å². The lowest BCUT2D eigenvalue weighted by atomic mass is 10.1. The molecule has 0 bridgehead atoms. The van der Waals surface area contributed by atoms with Gasteiger partial charge in [0.2, 0.25) is 0 Å². The van der Waals surface area contributed by atoms with Gasteiger partial charge in [-0.1, -0.05) is 20.3 Å². The van der Waals surface area contributed by atoms with E-state index < -0.39 is 10.6 Å². The van der Waals surface area contributed by atoms with Crippen LogP contribution in [0, 0.1) is 0 Å².